The zero-order chi connectivity index (χ0) is 10.9. The van der Waals surface area contributed by atoms with Crippen LogP contribution in [0.5, 0.6) is 0 Å². The molecule has 1 rings (SSSR count). The third kappa shape index (κ3) is 5.50. The largest absolute Gasteiger partial charge is 0.379 e. The number of ether oxygens (including phenoxy) is 3. The van der Waals surface area contributed by atoms with E-state index in [-0.39, 0.29) is 12.4 Å². The molecule has 3 nitrogen and oxygen atoms in total. The van der Waals surface area contributed by atoms with E-state index in [0.29, 0.717) is 13.2 Å². The summed E-state index contributed by atoms with van der Waals surface area (Å²) in [6.07, 6.45) is 6.29. The van der Waals surface area contributed by atoms with Gasteiger partial charge in [-0.05, 0) is 19.8 Å². The lowest BCUT2D eigenvalue weighted by Gasteiger charge is -2.11. The van der Waals surface area contributed by atoms with Gasteiger partial charge in [-0.1, -0.05) is 26.2 Å². The SMILES string of the molecule is CCCCCC[C@H]1OC[C@@H](COCC)O1. The van der Waals surface area contributed by atoms with Crippen LogP contribution in [0.3, 0.4) is 0 Å². The average molecular weight is 216 g/mol. The predicted octanol–water partition coefficient (Wildman–Crippen LogP) is 2.73. The molecule has 2 atom stereocenters. The van der Waals surface area contributed by atoms with Crippen molar-refractivity contribution in [3.05, 3.63) is 0 Å². The van der Waals surface area contributed by atoms with Crippen molar-refractivity contribution in [3.63, 3.8) is 0 Å². The highest BCUT2D eigenvalue weighted by atomic mass is 16.7. The first-order valence-electron chi connectivity index (χ1n) is 6.21. The molecule has 0 aromatic rings. The Morgan fingerprint density at radius 3 is 2.80 bits per heavy atom. The van der Waals surface area contributed by atoms with Crippen LogP contribution in [-0.4, -0.2) is 32.2 Å². The fourth-order valence-electron chi connectivity index (χ4n) is 1.73. The van der Waals surface area contributed by atoms with Crippen LogP contribution in [0.2, 0.25) is 0 Å². The van der Waals surface area contributed by atoms with E-state index in [0.717, 1.165) is 13.0 Å². The molecule has 0 aromatic carbocycles. The Kier molecular flexibility index (Phi) is 6.98. The van der Waals surface area contributed by atoms with Gasteiger partial charge < -0.3 is 14.2 Å². The van der Waals surface area contributed by atoms with Crippen LogP contribution in [0.4, 0.5) is 0 Å². The lowest BCUT2D eigenvalue weighted by molar-refractivity contribution is -0.0753. The minimum atomic E-state index is 0.0207. The van der Waals surface area contributed by atoms with Gasteiger partial charge in [-0.2, -0.15) is 0 Å². The second kappa shape index (κ2) is 8.08. The summed E-state index contributed by atoms with van der Waals surface area (Å²) in [5, 5.41) is 0. The van der Waals surface area contributed by atoms with E-state index in [1.807, 2.05) is 6.92 Å². The molecule has 90 valence electrons. The summed E-state index contributed by atoms with van der Waals surface area (Å²) in [5.41, 5.74) is 0. The lowest BCUT2D eigenvalue weighted by atomic mass is 10.1. The smallest absolute Gasteiger partial charge is 0.158 e. The van der Waals surface area contributed by atoms with Gasteiger partial charge in [0, 0.05) is 6.61 Å². The Morgan fingerprint density at radius 2 is 2.07 bits per heavy atom. The zero-order valence-corrected chi connectivity index (χ0v) is 10.0. The Balaban J connectivity index is 1.98. The van der Waals surface area contributed by atoms with E-state index in [2.05, 4.69) is 6.92 Å². The second-order valence-electron chi connectivity index (χ2n) is 4.03. The van der Waals surface area contributed by atoms with Gasteiger partial charge in [0.25, 0.3) is 0 Å². The molecule has 0 unspecified atom stereocenters. The first kappa shape index (κ1) is 12.9. The van der Waals surface area contributed by atoms with Crippen LogP contribution in [0.1, 0.15) is 46.0 Å². The zero-order valence-electron chi connectivity index (χ0n) is 10.0. The fourth-order valence-corrected chi connectivity index (χ4v) is 1.73. The molecule has 1 saturated heterocycles. The van der Waals surface area contributed by atoms with E-state index in [1.54, 1.807) is 0 Å². The second-order valence-corrected chi connectivity index (χ2v) is 4.03. The van der Waals surface area contributed by atoms with Crippen LogP contribution < -0.4 is 0 Å². The highest BCUT2D eigenvalue weighted by molar-refractivity contribution is 4.64. The molecule has 1 heterocycles. The molecule has 0 aliphatic carbocycles. The normalized spacial score (nSPS) is 26.0. The van der Waals surface area contributed by atoms with E-state index in [4.69, 9.17) is 14.2 Å². The summed E-state index contributed by atoms with van der Waals surface area (Å²) in [4.78, 5) is 0. The van der Waals surface area contributed by atoms with E-state index in [9.17, 15) is 0 Å². The molecule has 0 amide bonds. The first-order chi connectivity index (χ1) is 7.36. The molecule has 0 bridgehead atoms. The minimum absolute atomic E-state index is 0.0207. The van der Waals surface area contributed by atoms with Crippen molar-refractivity contribution < 1.29 is 14.2 Å². The van der Waals surface area contributed by atoms with Crippen molar-refractivity contribution in [2.45, 2.75) is 58.3 Å². The average Bonchev–Trinajstić information content (AvgIpc) is 2.69. The quantitative estimate of drug-likeness (QED) is 0.584. The van der Waals surface area contributed by atoms with Crippen LogP contribution in [-0.2, 0) is 14.2 Å². The first-order valence-corrected chi connectivity index (χ1v) is 6.21. The van der Waals surface area contributed by atoms with E-state index >= 15 is 0 Å². The number of rotatable bonds is 8. The summed E-state index contributed by atoms with van der Waals surface area (Å²) in [7, 11) is 0. The molecule has 0 spiro atoms. The molecule has 1 fully saturated rings. The standard InChI is InChI=1S/C12H24O3/c1-3-5-6-7-8-12-14-10-11(15-12)9-13-4-2/h11-12H,3-10H2,1-2H3/t11-,12+/m1/s1. The monoisotopic (exact) mass is 216 g/mol. The molecule has 0 saturated carbocycles. The number of hydrogen-bond donors (Lipinski definition) is 0. The Labute approximate surface area is 93.1 Å². The summed E-state index contributed by atoms with van der Waals surface area (Å²) in [6.45, 7) is 6.33. The van der Waals surface area contributed by atoms with Gasteiger partial charge >= 0.3 is 0 Å². The summed E-state index contributed by atoms with van der Waals surface area (Å²) in [6, 6.07) is 0. The minimum Gasteiger partial charge on any atom is -0.379 e. The molecular weight excluding hydrogens is 192 g/mol. The maximum atomic E-state index is 5.70. The summed E-state index contributed by atoms with van der Waals surface area (Å²) >= 11 is 0. The van der Waals surface area contributed by atoms with Crippen molar-refractivity contribution in [1.29, 1.82) is 0 Å². The van der Waals surface area contributed by atoms with E-state index < -0.39 is 0 Å². The Hall–Kier alpha value is -0.120. The van der Waals surface area contributed by atoms with Crippen LogP contribution in [0, 0.1) is 0 Å². The van der Waals surface area contributed by atoms with Crippen LogP contribution >= 0.6 is 0 Å². The maximum Gasteiger partial charge on any atom is 0.158 e. The van der Waals surface area contributed by atoms with Crippen LogP contribution in [0.15, 0.2) is 0 Å². The highest BCUT2D eigenvalue weighted by Gasteiger charge is 2.25. The lowest BCUT2D eigenvalue weighted by Crippen LogP contribution is -2.18. The topological polar surface area (TPSA) is 27.7 Å². The molecule has 0 radical (unpaired) electrons. The van der Waals surface area contributed by atoms with Gasteiger partial charge in [0.1, 0.15) is 6.10 Å². The van der Waals surface area contributed by atoms with Gasteiger partial charge in [-0.25, -0.2) is 0 Å². The van der Waals surface area contributed by atoms with E-state index in [1.165, 1.54) is 25.7 Å². The van der Waals surface area contributed by atoms with Gasteiger partial charge in [0.05, 0.1) is 13.2 Å². The molecule has 1 aliphatic rings. The third-order valence-electron chi connectivity index (χ3n) is 2.61. The Bertz CT molecular complexity index is 150. The molecular formula is C12H24O3. The molecule has 1 aliphatic heterocycles. The van der Waals surface area contributed by atoms with Gasteiger partial charge in [0.15, 0.2) is 6.29 Å². The van der Waals surface area contributed by atoms with Crippen molar-refractivity contribution in [1.82, 2.24) is 0 Å². The maximum absolute atomic E-state index is 5.70. The van der Waals surface area contributed by atoms with Gasteiger partial charge in [-0.15, -0.1) is 0 Å². The Morgan fingerprint density at radius 1 is 1.20 bits per heavy atom. The van der Waals surface area contributed by atoms with Crippen molar-refractivity contribution in [3.8, 4) is 0 Å². The third-order valence-corrected chi connectivity index (χ3v) is 2.61. The molecule has 0 N–H and O–H groups in total. The number of hydrogen-bond acceptors (Lipinski definition) is 3. The number of unbranched alkanes of at least 4 members (excludes halogenated alkanes) is 3. The van der Waals surface area contributed by atoms with Gasteiger partial charge in [0.2, 0.25) is 0 Å². The van der Waals surface area contributed by atoms with Crippen LogP contribution in [0.25, 0.3) is 0 Å². The summed E-state index contributed by atoms with van der Waals surface area (Å²) < 4.78 is 16.5. The molecule has 0 aromatic heterocycles. The van der Waals surface area contributed by atoms with Crippen molar-refractivity contribution in [2.75, 3.05) is 19.8 Å². The highest BCUT2D eigenvalue weighted by Crippen LogP contribution is 2.17. The summed E-state index contributed by atoms with van der Waals surface area (Å²) in [5.74, 6) is 0. The van der Waals surface area contributed by atoms with Crippen molar-refractivity contribution in [2.24, 2.45) is 0 Å². The predicted molar refractivity (Wildman–Crippen MR) is 59.9 cm³/mol. The fraction of sp³-hybridized carbons (Fsp3) is 1.00. The molecule has 3 heteroatoms. The van der Waals surface area contributed by atoms with Crippen molar-refractivity contribution >= 4 is 0 Å². The molecule has 15 heavy (non-hydrogen) atoms. The van der Waals surface area contributed by atoms with Gasteiger partial charge in [-0.3, -0.25) is 0 Å².